The number of nitrogens with one attached hydrogen (secondary N) is 1. The summed E-state index contributed by atoms with van der Waals surface area (Å²) in [5.41, 5.74) is 1.41. The van der Waals surface area contributed by atoms with Crippen LogP contribution in [0.25, 0.3) is 6.08 Å². The first-order valence-corrected chi connectivity index (χ1v) is 11.7. The Morgan fingerprint density at radius 3 is 2.10 bits per heavy atom. The highest BCUT2D eigenvalue weighted by Crippen LogP contribution is 2.19. The first-order valence-electron chi connectivity index (χ1n) is 10.2. The lowest BCUT2D eigenvalue weighted by atomic mass is 10.2. The lowest BCUT2D eigenvalue weighted by Crippen LogP contribution is -2.32. The van der Waals surface area contributed by atoms with Crippen LogP contribution < -0.4 is 10.1 Å². The average Bonchev–Trinajstić information content (AvgIpc) is 2.74. The Morgan fingerprint density at radius 1 is 0.967 bits per heavy atom. The van der Waals surface area contributed by atoms with Crippen LogP contribution in [0.3, 0.4) is 0 Å². The van der Waals surface area contributed by atoms with Crippen LogP contribution in [0.4, 0.5) is 5.69 Å². The number of amides is 1. The van der Waals surface area contributed by atoms with Crippen molar-refractivity contribution in [1.82, 2.24) is 4.31 Å². The zero-order valence-electron chi connectivity index (χ0n) is 17.8. The smallest absolute Gasteiger partial charge is 0.248 e. The lowest BCUT2D eigenvalue weighted by molar-refractivity contribution is -0.111. The van der Waals surface area contributed by atoms with Crippen LogP contribution in [0.5, 0.6) is 5.75 Å². The summed E-state index contributed by atoms with van der Waals surface area (Å²) in [6.07, 6.45) is 4.66. The van der Waals surface area contributed by atoms with Gasteiger partial charge in [-0.1, -0.05) is 26.0 Å². The first kappa shape index (κ1) is 23.6. The maximum atomic E-state index is 12.8. The van der Waals surface area contributed by atoms with Gasteiger partial charge in [0.25, 0.3) is 0 Å². The van der Waals surface area contributed by atoms with Crippen LogP contribution in [0, 0.1) is 0 Å². The Bertz CT molecular complexity index is 930. The molecule has 2 aromatic carbocycles. The van der Waals surface area contributed by atoms with Crippen molar-refractivity contribution < 1.29 is 17.9 Å². The van der Waals surface area contributed by atoms with Gasteiger partial charge in [-0.05, 0) is 67.8 Å². The van der Waals surface area contributed by atoms with E-state index >= 15 is 0 Å². The molecule has 2 aromatic rings. The Labute approximate surface area is 179 Å². The van der Waals surface area contributed by atoms with E-state index in [1.54, 1.807) is 18.2 Å². The molecule has 0 bridgehead atoms. The number of carbonyl (C=O) groups is 1. The van der Waals surface area contributed by atoms with Crippen molar-refractivity contribution in [2.75, 3.05) is 25.0 Å². The molecule has 30 heavy (non-hydrogen) atoms. The molecule has 0 unspecified atom stereocenters. The third-order valence-corrected chi connectivity index (χ3v) is 6.24. The molecule has 0 radical (unpaired) electrons. The number of carbonyl (C=O) groups excluding carboxylic acids is 1. The van der Waals surface area contributed by atoms with Gasteiger partial charge >= 0.3 is 0 Å². The minimum Gasteiger partial charge on any atom is -0.494 e. The predicted molar refractivity (Wildman–Crippen MR) is 121 cm³/mol. The molecule has 0 saturated carbocycles. The van der Waals surface area contributed by atoms with Gasteiger partial charge in [-0.3, -0.25) is 4.79 Å². The van der Waals surface area contributed by atoms with Gasteiger partial charge in [0.2, 0.25) is 15.9 Å². The fraction of sp³-hybridized carbons (Fsp3) is 0.348. The molecule has 2 rings (SSSR count). The van der Waals surface area contributed by atoms with E-state index in [0.29, 0.717) is 25.4 Å². The maximum absolute atomic E-state index is 12.8. The Morgan fingerprint density at radius 2 is 1.57 bits per heavy atom. The van der Waals surface area contributed by atoms with Crippen molar-refractivity contribution >= 4 is 27.7 Å². The monoisotopic (exact) mass is 430 g/mol. The Kier molecular flexibility index (Phi) is 9.08. The third kappa shape index (κ3) is 6.71. The van der Waals surface area contributed by atoms with E-state index in [-0.39, 0.29) is 10.8 Å². The number of sulfonamides is 1. The SMILES string of the molecule is CCCN(CCC)S(=O)(=O)c1ccc(NC(=O)/C=C/c2ccc(OCC)cc2)cc1. The van der Waals surface area contributed by atoms with E-state index in [1.165, 1.54) is 22.5 Å². The van der Waals surface area contributed by atoms with Gasteiger partial charge in [-0.2, -0.15) is 4.31 Å². The zero-order valence-corrected chi connectivity index (χ0v) is 18.6. The Hall–Kier alpha value is -2.64. The standard InChI is InChI=1S/C23H30N2O4S/c1-4-17-25(18-5-2)30(27,28)22-14-10-20(11-15-22)24-23(26)16-9-19-7-12-21(13-8-19)29-6-3/h7-16H,4-6,17-18H2,1-3H3,(H,24,26)/b16-9+. The Balaban J connectivity index is 2.01. The lowest BCUT2D eigenvalue weighted by Gasteiger charge is -2.21. The zero-order chi connectivity index (χ0) is 22.0. The number of ether oxygens (including phenoxy) is 1. The normalized spacial score (nSPS) is 11.7. The second kappa shape index (κ2) is 11.5. The van der Waals surface area contributed by atoms with Crippen molar-refractivity contribution in [2.24, 2.45) is 0 Å². The van der Waals surface area contributed by atoms with Crippen LogP contribution in [-0.2, 0) is 14.8 Å². The quantitative estimate of drug-likeness (QED) is 0.531. The van der Waals surface area contributed by atoms with Gasteiger partial charge in [-0.15, -0.1) is 0 Å². The molecule has 0 aliphatic carbocycles. The summed E-state index contributed by atoms with van der Waals surface area (Å²) in [4.78, 5) is 12.4. The molecule has 1 N–H and O–H groups in total. The van der Waals surface area contributed by atoms with Crippen molar-refractivity contribution in [2.45, 2.75) is 38.5 Å². The van der Waals surface area contributed by atoms with Crippen molar-refractivity contribution in [3.8, 4) is 5.75 Å². The molecule has 162 valence electrons. The first-order chi connectivity index (χ1) is 14.4. The summed E-state index contributed by atoms with van der Waals surface area (Å²) in [5.74, 6) is 0.490. The second-order valence-electron chi connectivity index (χ2n) is 6.75. The molecular formula is C23H30N2O4S. The van der Waals surface area contributed by atoms with Gasteiger partial charge in [-0.25, -0.2) is 8.42 Å². The minimum atomic E-state index is -3.53. The van der Waals surface area contributed by atoms with Crippen LogP contribution in [-0.4, -0.2) is 38.3 Å². The number of anilines is 1. The molecule has 0 atom stereocenters. The third-order valence-electron chi connectivity index (χ3n) is 4.32. The van der Waals surface area contributed by atoms with E-state index < -0.39 is 10.0 Å². The number of nitrogens with zero attached hydrogens (tertiary/aromatic N) is 1. The number of rotatable bonds is 11. The molecule has 0 heterocycles. The summed E-state index contributed by atoms with van der Waals surface area (Å²) in [6.45, 7) is 7.42. The maximum Gasteiger partial charge on any atom is 0.248 e. The molecule has 6 nitrogen and oxygen atoms in total. The van der Waals surface area contributed by atoms with Crippen molar-refractivity contribution in [3.05, 3.63) is 60.2 Å². The van der Waals surface area contributed by atoms with E-state index in [0.717, 1.165) is 24.2 Å². The van der Waals surface area contributed by atoms with Crippen LogP contribution in [0.2, 0.25) is 0 Å². The average molecular weight is 431 g/mol. The van der Waals surface area contributed by atoms with Gasteiger partial charge in [0.05, 0.1) is 11.5 Å². The second-order valence-corrected chi connectivity index (χ2v) is 8.69. The summed E-state index contributed by atoms with van der Waals surface area (Å²) < 4.78 is 32.5. The number of benzene rings is 2. The van der Waals surface area contributed by atoms with Gasteiger partial charge < -0.3 is 10.1 Å². The van der Waals surface area contributed by atoms with E-state index in [9.17, 15) is 13.2 Å². The van der Waals surface area contributed by atoms with Crippen LogP contribution in [0.15, 0.2) is 59.5 Å². The van der Waals surface area contributed by atoms with E-state index in [4.69, 9.17) is 4.74 Å². The molecule has 0 fully saturated rings. The van der Waals surface area contributed by atoms with Crippen molar-refractivity contribution in [3.63, 3.8) is 0 Å². The molecule has 0 aromatic heterocycles. The summed E-state index contributed by atoms with van der Waals surface area (Å²) >= 11 is 0. The predicted octanol–water partition coefficient (Wildman–Crippen LogP) is 4.55. The molecule has 0 spiro atoms. The van der Waals surface area contributed by atoms with Crippen LogP contribution in [0.1, 0.15) is 39.2 Å². The largest absolute Gasteiger partial charge is 0.494 e. The van der Waals surface area contributed by atoms with Crippen molar-refractivity contribution in [1.29, 1.82) is 0 Å². The fourth-order valence-corrected chi connectivity index (χ4v) is 4.53. The minimum absolute atomic E-state index is 0.229. The summed E-state index contributed by atoms with van der Waals surface area (Å²) in [6, 6.07) is 13.7. The van der Waals surface area contributed by atoms with Gasteiger partial charge in [0.1, 0.15) is 5.75 Å². The number of hydrogen-bond donors (Lipinski definition) is 1. The fourth-order valence-electron chi connectivity index (χ4n) is 2.91. The molecule has 0 saturated heterocycles. The summed E-state index contributed by atoms with van der Waals surface area (Å²) in [7, 11) is -3.53. The highest BCUT2D eigenvalue weighted by molar-refractivity contribution is 7.89. The van der Waals surface area contributed by atoms with Gasteiger partial charge in [0.15, 0.2) is 0 Å². The van der Waals surface area contributed by atoms with E-state index in [2.05, 4.69) is 5.32 Å². The van der Waals surface area contributed by atoms with E-state index in [1.807, 2.05) is 45.0 Å². The van der Waals surface area contributed by atoms with Crippen LogP contribution >= 0.6 is 0 Å². The highest BCUT2D eigenvalue weighted by atomic mass is 32.2. The molecule has 7 heteroatoms. The topological polar surface area (TPSA) is 75.7 Å². The highest BCUT2D eigenvalue weighted by Gasteiger charge is 2.22. The molecule has 0 aliphatic rings. The summed E-state index contributed by atoms with van der Waals surface area (Å²) in [5, 5.41) is 2.74. The molecular weight excluding hydrogens is 400 g/mol. The molecule has 0 aliphatic heterocycles. The molecule has 1 amide bonds. The number of hydrogen-bond acceptors (Lipinski definition) is 4. The van der Waals surface area contributed by atoms with Gasteiger partial charge in [0, 0.05) is 24.9 Å².